The first kappa shape index (κ1) is 10.6. The predicted octanol–water partition coefficient (Wildman–Crippen LogP) is 2.64. The van der Waals surface area contributed by atoms with Crippen molar-refractivity contribution in [1.82, 2.24) is 5.32 Å². The summed E-state index contributed by atoms with van der Waals surface area (Å²) in [5, 5.41) is 2.85. The molecule has 1 aromatic carbocycles. The van der Waals surface area contributed by atoms with E-state index in [0.29, 0.717) is 6.54 Å². The molecule has 15 heavy (non-hydrogen) atoms. The second-order valence-electron chi connectivity index (χ2n) is 4.41. The third-order valence-electron chi connectivity index (χ3n) is 3.35. The van der Waals surface area contributed by atoms with Crippen LogP contribution in [0.3, 0.4) is 0 Å². The van der Waals surface area contributed by atoms with Crippen molar-refractivity contribution < 1.29 is 8.78 Å². The van der Waals surface area contributed by atoms with Crippen molar-refractivity contribution in [3.63, 3.8) is 0 Å². The first-order valence-corrected chi connectivity index (χ1v) is 5.11. The van der Waals surface area contributed by atoms with Gasteiger partial charge in [-0.3, -0.25) is 0 Å². The molecule has 2 unspecified atom stereocenters. The SMILES string of the molecule is CNCC1(C)C(c2ccccc2)C1(F)F. The zero-order valence-electron chi connectivity index (χ0n) is 8.93. The maximum atomic E-state index is 13.7. The molecule has 0 spiro atoms. The van der Waals surface area contributed by atoms with Gasteiger partial charge in [-0.1, -0.05) is 37.3 Å². The van der Waals surface area contributed by atoms with E-state index in [1.807, 2.05) is 18.2 Å². The maximum absolute atomic E-state index is 13.7. The molecule has 82 valence electrons. The molecule has 0 bridgehead atoms. The second-order valence-corrected chi connectivity index (χ2v) is 4.41. The standard InChI is InChI=1S/C12H15F2N/c1-11(8-15-2)10(12(11,13)14)9-6-4-3-5-7-9/h3-7,10,15H,8H2,1-2H3. The summed E-state index contributed by atoms with van der Waals surface area (Å²) in [4.78, 5) is 0. The van der Waals surface area contributed by atoms with Gasteiger partial charge in [-0.2, -0.15) is 0 Å². The van der Waals surface area contributed by atoms with Gasteiger partial charge in [0.2, 0.25) is 0 Å². The van der Waals surface area contributed by atoms with Crippen LogP contribution in [0.4, 0.5) is 8.78 Å². The van der Waals surface area contributed by atoms with Gasteiger partial charge in [-0.15, -0.1) is 0 Å². The smallest absolute Gasteiger partial charge is 0.262 e. The molecule has 0 aromatic heterocycles. The van der Waals surface area contributed by atoms with Gasteiger partial charge in [0.1, 0.15) is 0 Å². The van der Waals surface area contributed by atoms with E-state index in [-0.39, 0.29) is 0 Å². The molecule has 1 nitrogen and oxygen atoms in total. The van der Waals surface area contributed by atoms with Gasteiger partial charge in [-0.05, 0) is 12.6 Å². The maximum Gasteiger partial charge on any atom is 0.262 e. The highest BCUT2D eigenvalue weighted by Crippen LogP contribution is 2.70. The van der Waals surface area contributed by atoms with E-state index in [4.69, 9.17) is 0 Å². The topological polar surface area (TPSA) is 12.0 Å². The fourth-order valence-corrected chi connectivity index (χ4v) is 2.39. The van der Waals surface area contributed by atoms with Gasteiger partial charge in [0, 0.05) is 6.54 Å². The van der Waals surface area contributed by atoms with Crippen molar-refractivity contribution >= 4 is 0 Å². The zero-order chi connectivity index (χ0) is 11.1. The lowest BCUT2D eigenvalue weighted by Gasteiger charge is -2.08. The monoisotopic (exact) mass is 211 g/mol. The number of halogens is 2. The molecule has 1 fully saturated rings. The highest BCUT2D eigenvalue weighted by atomic mass is 19.3. The molecule has 1 aliphatic carbocycles. The third kappa shape index (κ3) is 1.37. The molecule has 3 heteroatoms. The number of rotatable bonds is 3. The summed E-state index contributed by atoms with van der Waals surface area (Å²) in [5.41, 5.74) is -0.191. The van der Waals surface area contributed by atoms with Gasteiger partial charge in [0.15, 0.2) is 0 Å². The van der Waals surface area contributed by atoms with Crippen LogP contribution in [0, 0.1) is 5.41 Å². The Labute approximate surface area is 88.5 Å². The Bertz CT molecular complexity index is 350. The van der Waals surface area contributed by atoms with E-state index in [1.165, 1.54) is 0 Å². The molecular formula is C12H15F2N. The average Bonchev–Trinajstić information content (AvgIpc) is 2.62. The summed E-state index contributed by atoms with van der Waals surface area (Å²) < 4.78 is 27.4. The van der Waals surface area contributed by atoms with Crippen LogP contribution in [-0.4, -0.2) is 19.5 Å². The van der Waals surface area contributed by atoms with Crippen LogP contribution in [0.25, 0.3) is 0 Å². The van der Waals surface area contributed by atoms with Crippen molar-refractivity contribution in [2.45, 2.75) is 18.8 Å². The molecule has 2 rings (SSSR count). The summed E-state index contributed by atoms with van der Waals surface area (Å²) in [6.45, 7) is 1.99. The van der Waals surface area contributed by atoms with E-state index in [0.717, 1.165) is 5.56 Å². The molecule has 0 amide bonds. The molecule has 1 aliphatic rings. The van der Waals surface area contributed by atoms with Crippen LogP contribution in [0.2, 0.25) is 0 Å². The van der Waals surface area contributed by atoms with E-state index in [1.54, 1.807) is 26.1 Å². The van der Waals surface area contributed by atoms with Gasteiger partial charge in [0.05, 0.1) is 11.3 Å². The van der Waals surface area contributed by atoms with Crippen molar-refractivity contribution in [1.29, 1.82) is 0 Å². The minimum absolute atomic E-state index is 0.347. The van der Waals surface area contributed by atoms with E-state index in [9.17, 15) is 8.78 Å². The van der Waals surface area contributed by atoms with E-state index >= 15 is 0 Å². The number of alkyl halides is 2. The Hall–Kier alpha value is -0.960. The van der Waals surface area contributed by atoms with Crippen molar-refractivity contribution in [2.75, 3.05) is 13.6 Å². The lowest BCUT2D eigenvalue weighted by molar-refractivity contribution is 0.0675. The second kappa shape index (κ2) is 3.27. The molecule has 1 N–H and O–H groups in total. The zero-order valence-corrected chi connectivity index (χ0v) is 8.93. The third-order valence-corrected chi connectivity index (χ3v) is 3.35. The van der Waals surface area contributed by atoms with Crippen LogP contribution in [-0.2, 0) is 0 Å². The number of hydrogen-bond donors (Lipinski definition) is 1. The van der Waals surface area contributed by atoms with Gasteiger partial charge >= 0.3 is 0 Å². The Morgan fingerprint density at radius 2 is 1.87 bits per heavy atom. The molecule has 0 heterocycles. The van der Waals surface area contributed by atoms with Crippen molar-refractivity contribution in [3.05, 3.63) is 35.9 Å². The average molecular weight is 211 g/mol. The summed E-state index contributed by atoms with van der Waals surface area (Å²) >= 11 is 0. The highest BCUT2D eigenvalue weighted by Gasteiger charge is 2.77. The van der Waals surface area contributed by atoms with Crippen molar-refractivity contribution in [3.8, 4) is 0 Å². The van der Waals surface area contributed by atoms with Crippen LogP contribution in [0.5, 0.6) is 0 Å². The van der Waals surface area contributed by atoms with E-state index in [2.05, 4.69) is 5.32 Å². The predicted molar refractivity (Wildman–Crippen MR) is 56.2 cm³/mol. The van der Waals surface area contributed by atoms with Crippen LogP contribution in [0.15, 0.2) is 30.3 Å². The summed E-state index contributed by atoms with van der Waals surface area (Å²) in [6.07, 6.45) is 0. The number of nitrogens with one attached hydrogen (secondary N) is 1. The van der Waals surface area contributed by atoms with Gasteiger partial charge in [0.25, 0.3) is 5.92 Å². The Kier molecular flexibility index (Phi) is 2.30. The minimum atomic E-state index is -2.59. The lowest BCUT2D eigenvalue weighted by atomic mass is 10.0. The minimum Gasteiger partial charge on any atom is -0.319 e. The largest absolute Gasteiger partial charge is 0.319 e. The Morgan fingerprint density at radius 1 is 1.27 bits per heavy atom. The van der Waals surface area contributed by atoms with Gasteiger partial charge < -0.3 is 5.32 Å². The molecule has 0 saturated heterocycles. The highest BCUT2D eigenvalue weighted by molar-refractivity contribution is 5.37. The number of benzene rings is 1. The molecule has 1 saturated carbocycles. The molecule has 2 atom stereocenters. The quantitative estimate of drug-likeness (QED) is 0.810. The molecule has 0 radical (unpaired) electrons. The van der Waals surface area contributed by atoms with Crippen molar-refractivity contribution in [2.24, 2.45) is 5.41 Å². The summed E-state index contributed by atoms with van der Waals surface area (Å²) in [7, 11) is 1.71. The van der Waals surface area contributed by atoms with Crippen LogP contribution >= 0.6 is 0 Å². The first-order chi connectivity index (χ1) is 7.04. The molecule has 1 aromatic rings. The van der Waals surface area contributed by atoms with Crippen LogP contribution < -0.4 is 5.32 Å². The normalized spacial score (nSPS) is 32.7. The Morgan fingerprint density at radius 3 is 2.40 bits per heavy atom. The molecule has 0 aliphatic heterocycles. The fourth-order valence-electron chi connectivity index (χ4n) is 2.39. The first-order valence-electron chi connectivity index (χ1n) is 5.11. The summed E-state index contributed by atoms with van der Waals surface area (Å²) in [6, 6.07) is 9.02. The van der Waals surface area contributed by atoms with Crippen LogP contribution in [0.1, 0.15) is 18.4 Å². The Balaban J connectivity index is 2.27. The number of hydrogen-bond acceptors (Lipinski definition) is 1. The molecular weight excluding hydrogens is 196 g/mol. The van der Waals surface area contributed by atoms with E-state index < -0.39 is 17.3 Å². The fraction of sp³-hybridized carbons (Fsp3) is 0.500. The van der Waals surface area contributed by atoms with Gasteiger partial charge in [-0.25, -0.2) is 8.78 Å². The lowest BCUT2D eigenvalue weighted by Crippen LogP contribution is -2.22. The summed E-state index contributed by atoms with van der Waals surface area (Å²) in [5.74, 6) is -3.23.